The Morgan fingerprint density at radius 3 is 2.62 bits per heavy atom. The van der Waals surface area contributed by atoms with Crippen molar-refractivity contribution in [3.63, 3.8) is 0 Å². The number of rotatable bonds is 9. The first-order chi connectivity index (χ1) is 16.4. The van der Waals surface area contributed by atoms with Crippen molar-refractivity contribution in [2.75, 3.05) is 36.8 Å². The highest BCUT2D eigenvalue weighted by Crippen LogP contribution is 2.28. The summed E-state index contributed by atoms with van der Waals surface area (Å²) in [7, 11) is 0. The molecule has 0 bridgehead atoms. The van der Waals surface area contributed by atoms with E-state index in [0.29, 0.717) is 17.3 Å². The van der Waals surface area contributed by atoms with Crippen molar-refractivity contribution >= 4 is 40.6 Å². The summed E-state index contributed by atoms with van der Waals surface area (Å²) in [5.41, 5.74) is 0.591. The molecule has 0 spiro atoms. The Labute approximate surface area is 206 Å². The Morgan fingerprint density at radius 1 is 1.18 bits per heavy atom. The van der Waals surface area contributed by atoms with Crippen molar-refractivity contribution in [3.05, 3.63) is 69.5 Å². The molecule has 1 unspecified atom stereocenters. The van der Waals surface area contributed by atoms with Gasteiger partial charge in [0.1, 0.15) is 0 Å². The van der Waals surface area contributed by atoms with Gasteiger partial charge in [-0.05, 0) is 44.1 Å². The van der Waals surface area contributed by atoms with E-state index < -0.39 is 17.8 Å². The first-order valence-corrected chi connectivity index (χ1v) is 11.8. The van der Waals surface area contributed by atoms with Crippen molar-refractivity contribution in [1.82, 2.24) is 19.9 Å². The number of aromatic nitrogens is 3. The third-order valence-corrected chi connectivity index (χ3v) is 6.26. The van der Waals surface area contributed by atoms with Crippen LogP contribution in [0.1, 0.15) is 47.1 Å². The molecule has 1 aliphatic rings. The maximum absolute atomic E-state index is 14.3. The van der Waals surface area contributed by atoms with Gasteiger partial charge in [-0.2, -0.15) is 0 Å². The Hall–Kier alpha value is -2.72. The van der Waals surface area contributed by atoms with Gasteiger partial charge in [0.05, 0.1) is 39.4 Å². The minimum atomic E-state index is -1.18. The molecule has 1 aromatic carbocycles. The molecule has 1 aliphatic heterocycles. The molecule has 0 saturated carbocycles. The molecule has 1 atom stereocenters. The third-order valence-electron chi connectivity index (χ3n) is 5.65. The number of ketones is 1. The van der Waals surface area contributed by atoms with E-state index in [1.54, 1.807) is 12.4 Å². The molecule has 2 aromatic heterocycles. The average Bonchev–Trinajstić information content (AvgIpc) is 3.34. The lowest BCUT2D eigenvalue weighted by molar-refractivity contribution is 0.103. The van der Waals surface area contributed by atoms with Gasteiger partial charge >= 0.3 is 0 Å². The van der Waals surface area contributed by atoms with Gasteiger partial charge in [0.25, 0.3) is 0 Å². The second-order valence-electron chi connectivity index (χ2n) is 8.06. The van der Waals surface area contributed by atoms with Crippen LogP contribution in [0.25, 0.3) is 0 Å². The lowest BCUT2D eigenvalue weighted by Gasteiger charge is -2.26. The molecule has 4 N–H and O–H groups in total. The standard InChI is InChI=1S/C23H25Cl2FN6O2/c24-16-4-5-17(25)20(26)19(16)21(33)14-10-18(28-11-14)22(34)31-15-12-29-23(30-13-15)27-6-9-32-7-2-1-3-8-32/h4-5,10-13,22,28,31,34H,1-3,6-9H2,(H,27,29,30). The largest absolute Gasteiger partial charge is 0.368 e. The van der Waals surface area contributed by atoms with E-state index >= 15 is 0 Å². The molecule has 11 heteroatoms. The minimum Gasteiger partial charge on any atom is -0.368 e. The van der Waals surface area contributed by atoms with Gasteiger partial charge in [-0.25, -0.2) is 14.4 Å². The number of carbonyl (C=O) groups is 1. The summed E-state index contributed by atoms with van der Waals surface area (Å²) in [5.74, 6) is -1.03. The van der Waals surface area contributed by atoms with Crippen LogP contribution in [0, 0.1) is 5.82 Å². The van der Waals surface area contributed by atoms with Crippen LogP contribution >= 0.6 is 23.2 Å². The zero-order valence-electron chi connectivity index (χ0n) is 18.3. The van der Waals surface area contributed by atoms with Crippen molar-refractivity contribution in [3.8, 4) is 0 Å². The molecule has 1 saturated heterocycles. The quantitative estimate of drug-likeness (QED) is 0.192. The first-order valence-electron chi connectivity index (χ1n) is 11.0. The second kappa shape index (κ2) is 11.1. The number of aliphatic hydroxyl groups is 1. The molecule has 180 valence electrons. The summed E-state index contributed by atoms with van der Waals surface area (Å²) in [4.78, 5) is 26.5. The summed E-state index contributed by atoms with van der Waals surface area (Å²) in [6, 6.07) is 4.05. The van der Waals surface area contributed by atoms with Gasteiger partial charge in [-0.15, -0.1) is 0 Å². The molecule has 3 aromatic rings. The Bertz CT molecular complexity index is 1130. The Morgan fingerprint density at radius 2 is 1.88 bits per heavy atom. The lowest BCUT2D eigenvalue weighted by Crippen LogP contribution is -2.33. The highest BCUT2D eigenvalue weighted by Gasteiger charge is 2.22. The number of hydrogen-bond acceptors (Lipinski definition) is 7. The SMILES string of the molecule is O=C(c1c[nH]c(C(O)Nc2cnc(NCCN3CCCCC3)nc2)c1)c1c(Cl)ccc(Cl)c1F. The molecule has 0 amide bonds. The van der Waals surface area contributed by atoms with Crippen LogP contribution in [0.3, 0.4) is 0 Å². The van der Waals surface area contributed by atoms with Gasteiger partial charge in [-0.1, -0.05) is 29.6 Å². The van der Waals surface area contributed by atoms with Crippen LogP contribution in [0.4, 0.5) is 16.0 Å². The van der Waals surface area contributed by atoms with E-state index in [9.17, 15) is 14.3 Å². The minimum absolute atomic E-state index is 0.0462. The number of likely N-dealkylation sites (tertiary alicyclic amines) is 1. The van der Waals surface area contributed by atoms with Gasteiger partial charge in [0.15, 0.2) is 17.8 Å². The molecule has 34 heavy (non-hydrogen) atoms. The smallest absolute Gasteiger partial charge is 0.222 e. The predicted octanol–water partition coefficient (Wildman–Crippen LogP) is 4.48. The maximum atomic E-state index is 14.3. The number of piperidine rings is 1. The number of aliphatic hydroxyl groups excluding tert-OH is 1. The lowest BCUT2D eigenvalue weighted by atomic mass is 10.0. The van der Waals surface area contributed by atoms with Gasteiger partial charge < -0.3 is 25.6 Å². The van der Waals surface area contributed by atoms with E-state index in [1.165, 1.54) is 43.7 Å². The van der Waals surface area contributed by atoms with E-state index in [-0.39, 0.29) is 21.2 Å². The van der Waals surface area contributed by atoms with Crippen molar-refractivity contribution in [1.29, 1.82) is 0 Å². The molecule has 0 radical (unpaired) electrons. The fourth-order valence-electron chi connectivity index (χ4n) is 3.82. The number of nitrogens with one attached hydrogen (secondary N) is 3. The highest BCUT2D eigenvalue weighted by atomic mass is 35.5. The fourth-order valence-corrected chi connectivity index (χ4v) is 4.21. The predicted molar refractivity (Wildman–Crippen MR) is 130 cm³/mol. The molecule has 8 nitrogen and oxygen atoms in total. The van der Waals surface area contributed by atoms with Crippen LogP contribution in [0.2, 0.25) is 10.0 Å². The van der Waals surface area contributed by atoms with Crippen LogP contribution in [-0.4, -0.2) is 56.9 Å². The average molecular weight is 507 g/mol. The summed E-state index contributed by atoms with van der Waals surface area (Å²) in [6.45, 7) is 3.97. The van der Waals surface area contributed by atoms with E-state index in [1.807, 2.05) is 0 Å². The van der Waals surface area contributed by atoms with Gasteiger partial charge in [-0.3, -0.25) is 4.79 Å². The first kappa shape index (κ1) is 24.4. The second-order valence-corrected chi connectivity index (χ2v) is 8.88. The van der Waals surface area contributed by atoms with Crippen molar-refractivity contribution in [2.24, 2.45) is 0 Å². The number of benzene rings is 1. The topological polar surface area (TPSA) is 106 Å². The van der Waals surface area contributed by atoms with Gasteiger partial charge in [0.2, 0.25) is 5.95 Å². The summed E-state index contributed by atoms with van der Waals surface area (Å²) in [6.07, 6.45) is 7.10. The summed E-state index contributed by atoms with van der Waals surface area (Å²) >= 11 is 11.8. The van der Waals surface area contributed by atoms with Crippen LogP contribution in [-0.2, 0) is 0 Å². The van der Waals surface area contributed by atoms with Crippen LogP contribution in [0.5, 0.6) is 0 Å². The van der Waals surface area contributed by atoms with Crippen LogP contribution < -0.4 is 10.6 Å². The molecule has 0 aliphatic carbocycles. The highest BCUT2D eigenvalue weighted by molar-refractivity contribution is 6.37. The number of halogens is 3. The van der Waals surface area contributed by atoms with E-state index in [4.69, 9.17) is 23.2 Å². The number of hydrogen-bond donors (Lipinski definition) is 4. The normalized spacial score (nSPS) is 15.2. The van der Waals surface area contributed by atoms with E-state index in [2.05, 4.69) is 30.5 Å². The van der Waals surface area contributed by atoms with Gasteiger partial charge in [0, 0.05) is 24.8 Å². The number of H-pyrrole nitrogens is 1. The Balaban J connectivity index is 1.33. The number of carbonyl (C=O) groups excluding carboxylic acids is 1. The molecular weight excluding hydrogens is 482 g/mol. The summed E-state index contributed by atoms with van der Waals surface area (Å²) in [5, 5.41) is 16.3. The molecule has 1 fully saturated rings. The Kier molecular flexibility index (Phi) is 7.99. The molecule has 4 rings (SSSR count). The summed E-state index contributed by atoms with van der Waals surface area (Å²) < 4.78 is 14.3. The number of anilines is 2. The molecular formula is C23H25Cl2FN6O2. The number of aromatic amines is 1. The van der Waals surface area contributed by atoms with Crippen molar-refractivity contribution < 1.29 is 14.3 Å². The maximum Gasteiger partial charge on any atom is 0.222 e. The molecule has 3 heterocycles. The van der Waals surface area contributed by atoms with Crippen molar-refractivity contribution in [2.45, 2.75) is 25.5 Å². The van der Waals surface area contributed by atoms with Crippen LogP contribution in [0.15, 0.2) is 36.8 Å². The third kappa shape index (κ3) is 5.85. The number of nitrogens with zero attached hydrogens (tertiary/aromatic N) is 3. The monoisotopic (exact) mass is 506 g/mol. The zero-order valence-corrected chi connectivity index (χ0v) is 19.8. The fraction of sp³-hybridized carbons (Fsp3) is 0.348. The zero-order chi connectivity index (χ0) is 24.1. The van der Waals surface area contributed by atoms with E-state index in [0.717, 1.165) is 26.2 Å².